The molecule has 14 heavy (non-hydrogen) atoms. The summed E-state index contributed by atoms with van der Waals surface area (Å²) in [5, 5.41) is 3.55. The average Bonchev–Trinajstić information content (AvgIpc) is 2.14. The quantitative estimate of drug-likeness (QED) is 0.386. The molecule has 0 N–H and O–H groups in total. The molecule has 0 spiro atoms. The molecule has 74 valence electrons. The zero-order chi connectivity index (χ0) is 10.6. The Labute approximate surface area is 84.4 Å². The smallest absolute Gasteiger partial charge is 0.0510 e. The molecule has 0 fully saturated rings. The van der Waals surface area contributed by atoms with E-state index in [0.29, 0.717) is 6.54 Å². The molecular weight excluding hydrogens is 174 g/mol. The van der Waals surface area contributed by atoms with Gasteiger partial charge in [-0.2, -0.15) is 0 Å². The summed E-state index contributed by atoms with van der Waals surface area (Å²) in [6.07, 6.45) is 0. The van der Waals surface area contributed by atoms with E-state index >= 15 is 0 Å². The number of rotatable bonds is 2. The molecule has 0 bridgehead atoms. The highest BCUT2D eigenvalue weighted by atomic mass is 15.1. The summed E-state index contributed by atoms with van der Waals surface area (Å²) in [6.45, 7) is 6.93. The second-order valence-corrected chi connectivity index (χ2v) is 4.34. The van der Waals surface area contributed by atoms with Gasteiger partial charge in [0.1, 0.15) is 0 Å². The fraction of sp³-hybridized carbons (Fsp3) is 0.455. The third-order valence-corrected chi connectivity index (χ3v) is 2.11. The van der Waals surface area contributed by atoms with E-state index in [4.69, 9.17) is 5.53 Å². The predicted molar refractivity (Wildman–Crippen MR) is 58.0 cm³/mol. The minimum absolute atomic E-state index is 0.145. The van der Waals surface area contributed by atoms with Crippen molar-refractivity contribution in [3.8, 4) is 0 Å². The first kappa shape index (κ1) is 10.6. The van der Waals surface area contributed by atoms with E-state index < -0.39 is 0 Å². The maximum absolute atomic E-state index is 8.22. The lowest BCUT2D eigenvalue weighted by Gasteiger charge is -2.19. The first-order valence-corrected chi connectivity index (χ1v) is 4.64. The summed E-state index contributed by atoms with van der Waals surface area (Å²) in [6, 6.07) is 8.17. The first-order valence-electron chi connectivity index (χ1n) is 4.64. The molecule has 0 aromatic heterocycles. The van der Waals surface area contributed by atoms with Crippen molar-refractivity contribution in [3.05, 3.63) is 45.8 Å². The summed E-state index contributed by atoms with van der Waals surface area (Å²) in [4.78, 5) is 2.75. The van der Waals surface area contributed by atoms with Crippen molar-refractivity contribution in [2.75, 3.05) is 0 Å². The zero-order valence-electron chi connectivity index (χ0n) is 8.86. The molecule has 0 atom stereocenters. The van der Waals surface area contributed by atoms with Gasteiger partial charge in [-0.25, -0.2) is 0 Å². The van der Waals surface area contributed by atoms with E-state index in [0.717, 1.165) is 5.56 Å². The monoisotopic (exact) mass is 189 g/mol. The van der Waals surface area contributed by atoms with Gasteiger partial charge in [0.15, 0.2) is 0 Å². The molecule has 3 heteroatoms. The molecular formula is C11H15N3. The molecule has 0 unspecified atom stereocenters. The molecule has 1 rings (SSSR count). The van der Waals surface area contributed by atoms with Crippen molar-refractivity contribution in [1.29, 1.82) is 0 Å². The van der Waals surface area contributed by atoms with Gasteiger partial charge in [0, 0.05) is 4.91 Å². The number of hydrogen-bond donors (Lipinski definition) is 0. The predicted octanol–water partition coefficient (Wildman–Crippen LogP) is 3.79. The Kier molecular flexibility index (Phi) is 3.15. The minimum atomic E-state index is 0.145. The highest BCUT2D eigenvalue weighted by Gasteiger charge is 2.12. The largest absolute Gasteiger partial charge is 0.0893 e. The molecule has 0 heterocycles. The van der Waals surface area contributed by atoms with E-state index in [-0.39, 0.29) is 5.41 Å². The molecule has 0 aliphatic heterocycles. The van der Waals surface area contributed by atoms with Gasteiger partial charge in [-0.05, 0) is 22.1 Å². The van der Waals surface area contributed by atoms with Crippen LogP contribution in [-0.2, 0) is 12.0 Å². The fourth-order valence-electron chi connectivity index (χ4n) is 1.25. The van der Waals surface area contributed by atoms with Crippen molar-refractivity contribution in [2.45, 2.75) is 32.7 Å². The number of hydrogen-bond acceptors (Lipinski definition) is 1. The molecule has 1 aromatic carbocycles. The average molecular weight is 189 g/mol. The van der Waals surface area contributed by atoms with Gasteiger partial charge in [-0.1, -0.05) is 50.2 Å². The molecule has 1 aromatic rings. The Morgan fingerprint density at radius 3 is 2.64 bits per heavy atom. The Hall–Kier alpha value is -1.47. The van der Waals surface area contributed by atoms with Gasteiger partial charge in [-0.3, -0.25) is 0 Å². The molecule has 0 saturated heterocycles. The van der Waals surface area contributed by atoms with Gasteiger partial charge in [0.05, 0.1) is 6.54 Å². The van der Waals surface area contributed by atoms with Gasteiger partial charge in [0.25, 0.3) is 0 Å². The summed E-state index contributed by atoms with van der Waals surface area (Å²) in [5.74, 6) is 0. The van der Waals surface area contributed by atoms with Crippen LogP contribution in [0.15, 0.2) is 29.4 Å². The summed E-state index contributed by atoms with van der Waals surface area (Å²) >= 11 is 0. The number of benzene rings is 1. The third kappa shape index (κ3) is 2.79. The summed E-state index contributed by atoms with van der Waals surface area (Å²) in [7, 11) is 0. The molecule has 0 aliphatic rings. The standard InChI is InChI=1S/C11H15N3/c1-11(2,3)10-6-4-5-9(7-10)8-13-14-12/h4-7H,8H2,1-3H3. The Morgan fingerprint density at radius 1 is 1.36 bits per heavy atom. The summed E-state index contributed by atoms with van der Waals surface area (Å²) in [5.41, 5.74) is 10.7. The summed E-state index contributed by atoms with van der Waals surface area (Å²) < 4.78 is 0. The van der Waals surface area contributed by atoms with Gasteiger partial charge >= 0.3 is 0 Å². The maximum atomic E-state index is 8.22. The molecule has 0 saturated carbocycles. The van der Waals surface area contributed by atoms with Crippen LogP contribution in [0.25, 0.3) is 10.4 Å². The van der Waals surface area contributed by atoms with Crippen LogP contribution < -0.4 is 0 Å². The van der Waals surface area contributed by atoms with Crippen molar-refractivity contribution in [3.63, 3.8) is 0 Å². The van der Waals surface area contributed by atoms with E-state index in [2.05, 4.69) is 42.9 Å². The molecule has 0 amide bonds. The molecule has 0 aliphatic carbocycles. The van der Waals surface area contributed by atoms with Crippen LogP contribution >= 0.6 is 0 Å². The van der Waals surface area contributed by atoms with E-state index in [1.165, 1.54) is 5.56 Å². The number of azide groups is 1. The Bertz CT molecular complexity index is 357. The van der Waals surface area contributed by atoms with Crippen LogP contribution in [-0.4, -0.2) is 0 Å². The first-order chi connectivity index (χ1) is 6.54. The maximum Gasteiger partial charge on any atom is 0.0510 e. The highest BCUT2D eigenvalue weighted by Crippen LogP contribution is 2.22. The van der Waals surface area contributed by atoms with Crippen LogP contribution in [0, 0.1) is 0 Å². The Morgan fingerprint density at radius 2 is 2.07 bits per heavy atom. The van der Waals surface area contributed by atoms with Crippen molar-refractivity contribution >= 4 is 0 Å². The second-order valence-electron chi connectivity index (χ2n) is 4.34. The SMILES string of the molecule is CC(C)(C)c1cccc(CN=[N+]=[N-])c1. The molecule has 3 nitrogen and oxygen atoms in total. The number of nitrogens with zero attached hydrogens (tertiary/aromatic N) is 3. The van der Waals surface area contributed by atoms with E-state index in [1.807, 2.05) is 12.1 Å². The Balaban J connectivity index is 2.95. The van der Waals surface area contributed by atoms with Crippen LogP contribution in [0.1, 0.15) is 31.9 Å². The third-order valence-electron chi connectivity index (χ3n) is 2.11. The van der Waals surface area contributed by atoms with Crippen molar-refractivity contribution in [2.24, 2.45) is 5.11 Å². The lowest BCUT2D eigenvalue weighted by molar-refractivity contribution is 0.589. The van der Waals surface area contributed by atoms with Gasteiger partial charge in [-0.15, -0.1) is 0 Å². The van der Waals surface area contributed by atoms with E-state index in [1.54, 1.807) is 0 Å². The van der Waals surface area contributed by atoms with E-state index in [9.17, 15) is 0 Å². The van der Waals surface area contributed by atoms with Crippen LogP contribution in [0.5, 0.6) is 0 Å². The zero-order valence-corrected chi connectivity index (χ0v) is 8.86. The lowest BCUT2D eigenvalue weighted by Crippen LogP contribution is -2.11. The normalized spacial score (nSPS) is 10.8. The highest BCUT2D eigenvalue weighted by molar-refractivity contribution is 5.28. The topological polar surface area (TPSA) is 48.8 Å². The van der Waals surface area contributed by atoms with Crippen molar-refractivity contribution in [1.82, 2.24) is 0 Å². The van der Waals surface area contributed by atoms with Gasteiger partial charge in [0.2, 0.25) is 0 Å². The lowest BCUT2D eigenvalue weighted by atomic mass is 9.86. The van der Waals surface area contributed by atoms with Crippen molar-refractivity contribution < 1.29 is 0 Å². The van der Waals surface area contributed by atoms with Gasteiger partial charge < -0.3 is 0 Å². The molecule has 0 radical (unpaired) electrons. The second kappa shape index (κ2) is 4.16. The van der Waals surface area contributed by atoms with Crippen LogP contribution in [0.3, 0.4) is 0 Å². The van der Waals surface area contributed by atoms with Crippen LogP contribution in [0.4, 0.5) is 0 Å². The fourth-order valence-corrected chi connectivity index (χ4v) is 1.25. The minimum Gasteiger partial charge on any atom is -0.0893 e. The van der Waals surface area contributed by atoms with Crippen LogP contribution in [0.2, 0.25) is 0 Å².